The number of carboxylic acid groups (broad SMARTS) is 2. The number of nitrogens with one attached hydrogen (secondary N) is 5. The summed E-state index contributed by atoms with van der Waals surface area (Å²) in [6.45, 7) is 1.45. The summed E-state index contributed by atoms with van der Waals surface area (Å²) < 4.78 is 0. The van der Waals surface area contributed by atoms with Gasteiger partial charge in [-0.05, 0) is 18.6 Å². The van der Waals surface area contributed by atoms with Crippen molar-refractivity contribution in [3.8, 4) is 0 Å². The second kappa shape index (κ2) is 12.5. The number of carbonyl (C=O) groups is 5. The fraction of sp³-hybridized carbons (Fsp3) is 0.333. The molecule has 4 atom stereocenters. The van der Waals surface area contributed by atoms with E-state index in [0.29, 0.717) is 11.3 Å². The van der Waals surface area contributed by atoms with Gasteiger partial charge in [0.25, 0.3) is 0 Å². The van der Waals surface area contributed by atoms with Crippen molar-refractivity contribution in [2.24, 2.45) is 5.73 Å². The lowest BCUT2D eigenvalue weighted by Gasteiger charge is -2.24. The van der Waals surface area contributed by atoms with Gasteiger partial charge in [-0.1, -0.05) is 18.2 Å². The second-order valence-electron chi connectivity index (χ2n) is 8.75. The summed E-state index contributed by atoms with van der Waals surface area (Å²) in [6, 6.07) is 2.15. The average molecular weight is 528 g/mol. The molecule has 0 radical (unpaired) electrons. The molecule has 38 heavy (non-hydrogen) atoms. The van der Waals surface area contributed by atoms with Crippen molar-refractivity contribution in [1.82, 2.24) is 30.9 Å². The number of nitrogens with zero attached hydrogens (tertiary/aromatic N) is 1. The molecule has 9 N–H and O–H groups in total. The van der Waals surface area contributed by atoms with Crippen molar-refractivity contribution < 1.29 is 34.2 Å². The Balaban J connectivity index is 1.88. The van der Waals surface area contributed by atoms with E-state index in [0.717, 1.165) is 10.9 Å². The number of hydrogen-bond donors (Lipinski definition) is 8. The number of amides is 3. The first-order valence-electron chi connectivity index (χ1n) is 11.7. The molecule has 0 aliphatic heterocycles. The lowest BCUT2D eigenvalue weighted by molar-refractivity contribution is -0.147. The van der Waals surface area contributed by atoms with E-state index in [4.69, 9.17) is 10.8 Å². The maximum absolute atomic E-state index is 13.3. The lowest BCUT2D eigenvalue weighted by atomic mass is 10.0. The molecule has 2 aromatic heterocycles. The van der Waals surface area contributed by atoms with E-state index in [1.165, 1.54) is 19.4 Å². The zero-order valence-corrected chi connectivity index (χ0v) is 20.4. The zero-order chi connectivity index (χ0) is 27.8. The maximum atomic E-state index is 13.3. The van der Waals surface area contributed by atoms with Crippen molar-refractivity contribution in [3.63, 3.8) is 0 Å². The summed E-state index contributed by atoms with van der Waals surface area (Å²) in [4.78, 5) is 71.2. The van der Waals surface area contributed by atoms with Gasteiger partial charge in [-0.2, -0.15) is 0 Å². The fourth-order valence-electron chi connectivity index (χ4n) is 3.78. The lowest BCUT2D eigenvalue weighted by Crippen LogP contribution is -2.58. The van der Waals surface area contributed by atoms with E-state index in [9.17, 15) is 29.1 Å². The number of carbonyl (C=O) groups excluding carboxylic acids is 3. The second-order valence-corrected chi connectivity index (χ2v) is 8.75. The molecule has 0 aliphatic carbocycles. The number of benzene rings is 1. The van der Waals surface area contributed by atoms with Crippen LogP contribution in [-0.4, -0.2) is 79.0 Å². The summed E-state index contributed by atoms with van der Waals surface area (Å²) in [5.74, 6) is -5.21. The molecule has 3 amide bonds. The molecule has 0 spiro atoms. The van der Waals surface area contributed by atoms with E-state index in [2.05, 4.69) is 30.9 Å². The number of aromatic nitrogens is 3. The van der Waals surface area contributed by atoms with Gasteiger partial charge in [0.15, 0.2) is 0 Å². The molecule has 14 nitrogen and oxygen atoms in total. The molecule has 3 aromatic rings. The number of imidazole rings is 1. The largest absolute Gasteiger partial charge is 0.481 e. The Kier molecular flexibility index (Phi) is 9.16. The van der Waals surface area contributed by atoms with Crippen molar-refractivity contribution in [2.45, 2.75) is 50.4 Å². The van der Waals surface area contributed by atoms with Crippen LogP contribution < -0.4 is 21.7 Å². The van der Waals surface area contributed by atoms with Gasteiger partial charge in [-0.25, -0.2) is 9.78 Å². The Morgan fingerprint density at radius 2 is 1.55 bits per heavy atom. The van der Waals surface area contributed by atoms with Gasteiger partial charge in [-0.15, -0.1) is 0 Å². The van der Waals surface area contributed by atoms with Crippen LogP contribution in [0.2, 0.25) is 0 Å². The average Bonchev–Trinajstić information content (AvgIpc) is 3.52. The van der Waals surface area contributed by atoms with E-state index < -0.39 is 60.2 Å². The topological polar surface area (TPSA) is 232 Å². The third-order valence-corrected chi connectivity index (χ3v) is 5.75. The monoisotopic (exact) mass is 527 g/mol. The van der Waals surface area contributed by atoms with E-state index >= 15 is 0 Å². The Labute approximate surface area is 216 Å². The van der Waals surface area contributed by atoms with Gasteiger partial charge in [0.1, 0.15) is 18.1 Å². The number of H-pyrrole nitrogens is 2. The Morgan fingerprint density at radius 1 is 0.921 bits per heavy atom. The third kappa shape index (κ3) is 7.39. The summed E-state index contributed by atoms with van der Waals surface area (Å²) in [5.41, 5.74) is 7.60. The van der Waals surface area contributed by atoms with Crippen LogP contribution in [0.1, 0.15) is 24.6 Å². The number of para-hydroxylation sites is 1. The van der Waals surface area contributed by atoms with Crippen LogP contribution >= 0.6 is 0 Å². The van der Waals surface area contributed by atoms with Crippen LogP contribution in [0.4, 0.5) is 0 Å². The third-order valence-electron chi connectivity index (χ3n) is 5.75. The van der Waals surface area contributed by atoms with Crippen molar-refractivity contribution >= 4 is 40.6 Å². The smallest absolute Gasteiger partial charge is 0.326 e. The SMILES string of the molecule is CC(N)C(=O)NC(Cc1cnc[nH]1)C(=O)NC(Cc1c[nH]c2ccccc12)C(=O)NC(CC(=O)O)C(=O)O. The summed E-state index contributed by atoms with van der Waals surface area (Å²) in [5, 5.41) is 26.5. The van der Waals surface area contributed by atoms with Crippen LogP contribution in [0.25, 0.3) is 10.9 Å². The first kappa shape index (κ1) is 27.9. The van der Waals surface area contributed by atoms with Gasteiger partial charge >= 0.3 is 11.9 Å². The van der Waals surface area contributed by atoms with E-state index in [1.807, 2.05) is 18.2 Å². The molecule has 0 bridgehead atoms. The van der Waals surface area contributed by atoms with Crippen LogP contribution in [0.15, 0.2) is 43.0 Å². The predicted octanol–water partition coefficient (Wildman–Crippen LogP) is -0.963. The molecule has 0 saturated carbocycles. The van der Waals surface area contributed by atoms with Crippen molar-refractivity contribution in [3.05, 3.63) is 54.2 Å². The Bertz CT molecular complexity index is 1300. The number of carboxylic acids is 2. The zero-order valence-electron chi connectivity index (χ0n) is 20.4. The fourth-order valence-corrected chi connectivity index (χ4v) is 3.78. The maximum Gasteiger partial charge on any atom is 0.326 e. The molecule has 0 saturated heterocycles. The van der Waals surface area contributed by atoms with E-state index in [-0.39, 0.29) is 12.8 Å². The molecule has 202 valence electrons. The first-order valence-corrected chi connectivity index (χ1v) is 11.7. The van der Waals surface area contributed by atoms with Crippen LogP contribution in [0, 0.1) is 0 Å². The van der Waals surface area contributed by atoms with E-state index in [1.54, 1.807) is 12.3 Å². The first-order chi connectivity index (χ1) is 18.0. The normalized spacial score (nSPS) is 14.2. The Hall–Kier alpha value is -4.72. The van der Waals surface area contributed by atoms with Gasteiger partial charge in [-0.3, -0.25) is 19.2 Å². The van der Waals surface area contributed by atoms with Gasteiger partial charge in [0, 0.05) is 41.8 Å². The number of nitrogens with two attached hydrogens (primary N) is 1. The number of aliphatic carboxylic acids is 2. The molecule has 0 aliphatic rings. The number of fused-ring (bicyclic) bond motifs is 1. The quantitative estimate of drug-likeness (QED) is 0.136. The van der Waals surface area contributed by atoms with Crippen LogP contribution in [0.5, 0.6) is 0 Å². The molecular weight excluding hydrogens is 498 g/mol. The molecular formula is C24H29N7O7. The molecule has 14 heteroatoms. The van der Waals surface area contributed by atoms with Crippen LogP contribution in [0.3, 0.4) is 0 Å². The van der Waals surface area contributed by atoms with Gasteiger partial charge in [0.05, 0.1) is 18.8 Å². The van der Waals surface area contributed by atoms with Gasteiger partial charge < -0.3 is 41.9 Å². The Morgan fingerprint density at radius 3 is 2.16 bits per heavy atom. The minimum Gasteiger partial charge on any atom is -0.481 e. The highest BCUT2D eigenvalue weighted by molar-refractivity contribution is 5.95. The van der Waals surface area contributed by atoms with Crippen molar-refractivity contribution in [1.29, 1.82) is 0 Å². The number of rotatable bonds is 13. The van der Waals surface area contributed by atoms with Crippen molar-refractivity contribution in [2.75, 3.05) is 0 Å². The highest BCUT2D eigenvalue weighted by atomic mass is 16.4. The minimum atomic E-state index is -1.72. The number of aromatic amines is 2. The summed E-state index contributed by atoms with van der Waals surface area (Å²) in [7, 11) is 0. The molecule has 2 heterocycles. The minimum absolute atomic E-state index is 0.00246. The highest BCUT2D eigenvalue weighted by Crippen LogP contribution is 2.19. The molecule has 1 aromatic carbocycles. The predicted molar refractivity (Wildman–Crippen MR) is 134 cm³/mol. The summed E-state index contributed by atoms with van der Waals surface area (Å²) >= 11 is 0. The standard InChI is InChI=1S/C24H29N7O7/c1-12(25)21(34)29-18(7-14-10-26-11-28-14)23(36)30-17(22(35)31-19(24(37)38)8-20(32)33)6-13-9-27-16-5-3-2-4-15(13)16/h2-5,9-12,17-19,27H,6-8,25H2,1H3,(H,26,28)(H,29,34)(H,30,36)(H,31,35)(H,32,33)(H,37,38). The highest BCUT2D eigenvalue weighted by Gasteiger charge is 2.31. The molecule has 4 unspecified atom stereocenters. The summed E-state index contributed by atoms with van der Waals surface area (Å²) in [6.07, 6.45) is 3.61. The van der Waals surface area contributed by atoms with Gasteiger partial charge in [0.2, 0.25) is 17.7 Å². The number of hydrogen-bond acceptors (Lipinski definition) is 7. The molecule has 0 fully saturated rings. The van der Waals surface area contributed by atoms with Crippen LogP contribution in [-0.2, 0) is 36.8 Å². The molecule has 3 rings (SSSR count).